The van der Waals surface area contributed by atoms with Crippen LogP contribution in [0.15, 0.2) is 41.2 Å². The molecule has 2 aromatic heterocycles. The van der Waals surface area contributed by atoms with Crippen molar-refractivity contribution in [2.75, 3.05) is 17.3 Å². The van der Waals surface area contributed by atoms with Gasteiger partial charge in [-0.05, 0) is 26.0 Å². The minimum absolute atomic E-state index is 0.263. The third-order valence-corrected chi connectivity index (χ3v) is 3.83. The Labute approximate surface area is 139 Å². The average Bonchev–Trinajstić information content (AvgIpc) is 3.12. The van der Waals surface area contributed by atoms with E-state index in [1.165, 1.54) is 4.90 Å². The average molecular weight is 325 g/mol. The highest BCUT2D eigenvalue weighted by Crippen LogP contribution is 2.25. The van der Waals surface area contributed by atoms with E-state index >= 15 is 0 Å². The highest BCUT2D eigenvalue weighted by molar-refractivity contribution is 6.02. The zero-order valence-corrected chi connectivity index (χ0v) is 14.1. The van der Waals surface area contributed by atoms with Crippen molar-refractivity contribution >= 4 is 17.4 Å². The van der Waals surface area contributed by atoms with Gasteiger partial charge in [-0.1, -0.05) is 17.3 Å². The Morgan fingerprint density at radius 2 is 2.12 bits per heavy atom. The third-order valence-electron chi connectivity index (χ3n) is 3.83. The molecule has 0 atom stereocenters. The monoisotopic (exact) mass is 325 g/mol. The molecule has 0 aliphatic carbocycles. The zero-order chi connectivity index (χ0) is 17.3. The van der Waals surface area contributed by atoms with Crippen LogP contribution in [0.25, 0.3) is 11.4 Å². The number of nitrogens with zero attached hydrogens (tertiary/aromatic N) is 4. The molecule has 0 spiro atoms. The predicted molar refractivity (Wildman–Crippen MR) is 92.0 cm³/mol. The van der Waals surface area contributed by atoms with Crippen LogP contribution in [0.3, 0.4) is 0 Å². The number of hydrogen-bond acceptors (Lipinski definition) is 4. The molecule has 7 nitrogen and oxygen atoms in total. The highest BCUT2D eigenvalue weighted by Gasteiger charge is 2.19. The lowest BCUT2D eigenvalue weighted by Gasteiger charge is -2.17. The number of aryl methyl sites for hydroxylation is 3. The summed E-state index contributed by atoms with van der Waals surface area (Å²) in [5.74, 6) is 1.44. The molecule has 0 saturated carbocycles. The molecular weight excluding hydrogens is 306 g/mol. The fraction of sp³-hybridized carbons (Fsp3) is 0.235. The number of amides is 2. The second kappa shape index (κ2) is 6.19. The number of urea groups is 1. The number of hydrogen-bond donors (Lipinski definition) is 1. The van der Waals surface area contributed by atoms with E-state index in [0.29, 0.717) is 22.8 Å². The second-order valence-electron chi connectivity index (χ2n) is 5.60. The minimum Gasteiger partial charge on any atom is -0.359 e. The summed E-state index contributed by atoms with van der Waals surface area (Å²) >= 11 is 0. The fourth-order valence-electron chi connectivity index (χ4n) is 2.65. The molecule has 0 saturated heterocycles. The quantitative estimate of drug-likeness (QED) is 0.801. The lowest BCUT2D eigenvalue weighted by molar-refractivity contribution is 0.258. The van der Waals surface area contributed by atoms with E-state index < -0.39 is 0 Å². The molecule has 0 bridgehead atoms. The van der Waals surface area contributed by atoms with Gasteiger partial charge in [-0.15, -0.1) is 0 Å². The number of rotatable bonds is 3. The third kappa shape index (κ3) is 2.88. The van der Waals surface area contributed by atoms with E-state index in [0.717, 1.165) is 11.4 Å². The molecule has 1 aromatic carbocycles. The normalized spacial score (nSPS) is 10.7. The van der Waals surface area contributed by atoms with Crippen LogP contribution in [0, 0.1) is 13.8 Å². The van der Waals surface area contributed by atoms with Crippen LogP contribution in [0.4, 0.5) is 16.2 Å². The molecule has 0 aliphatic heterocycles. The summed E-state index contributed by atoms with van der Waals surface area (Å²) in [6.07, 6.45) is 3.62. The van der Waals surface area contributed by atoms with E-state index in [4.69, 9.17) is 4.52 Å². The van der Waals surface area contributed by atoms with Crippen molar-refractivity contribution in [2.24, 2.45) is 7.05 Å². The summed E-state index contributed by atoms with van der Waals surface area (Å²) < 4.78 is 7.04. The Morgan fingerprint density at radius 3 is 2.75 bits per heavy atom. The van der Waals surface area contributed by atoms with Crippen molar-refractivity contribution in [3.8, 4) is 11.4 Å². The Bertz CT molecular complexity index is 861. The lowest BCUT2D eigenvalue weighted by Crippen LogP contribution is -2.31. The summed E-state index contributed by atoms with van der Waals surface area (Å²) in [6.45, 7) is 3.58. The number of anilines is 2. The van der Waals surface area contributed by atoms with Crippen molar-refractivity contribution in [3.63, 3.8) is 0 Å². The minimum atomic E-state index is -0.263. The number of carbonyl (C=O) groups is 1. The van der Waals surface area contributed by atoms with Crippen LogP contribution in [0.5, 0.6) is 0 Å². The summed E-state index contributed by atoms with van der Waals surface area (Å²) in [6, 6.07) is 7.31. The number of benzene rings is 1. The molecule has 0 unspecified atom stereocenters. The molecule has 0 aliphatic rings. The summed E-state index contributed by atoms with van der Waals surface area (Å²) in [5.41, 5.74) is 2.97. The largest absolute Gasteiger partial charge is 0.359 e. The van der Waals surface area contributed by atoms with Gasteiger partial charge in [-0.3, -0.25) is 4.90 Å². The smallest absolute Gasteiger partial charge is 0.326 e. The van der Waals surface area contributed by atoms with E-state index in [1.54, 1.807) is 27.1 Å². The second-order valence-corrected chi connectivity index (χ2v) is 5.60. The van der Waals surface area contributed by atoms with Crippen LogP contribution >= 0.6 is 0 Å². The standard InChI is InChI=1S/C17H19N5O2/c1-11-15(12(2)24-20-11)22(4)17(23)19-14-7-5-6-13(10-14)16-18-8-9-21(16)3/h5-10H,1-4H3,(H,19,23). The highest BCUT2D eigenvalue weighted by atomic mass is 16.5. The van der Waals surface area contributed by atoms with E-state index in [1.807, 2.05) is 42.1 Å². The van der Waals surface area contributed by atoms with E-state index in [2.05, 4.69) is 15.5 Å². The first-order chi connectivity index (χ1) is 11.5. The maximum Gasteiger partial charge on any atom is 0.326 e. The molecule has 3 aromatic rings. The van der Waals surface area contributed by atoms with Gasteiger partial charge in [-0.25, -0.2) is 9.78 Å². The number of imidazole rings is 1. The molecule has 1 N–H and O–H groups in total. The Balaban J connectivity index is 1.81. The molecule has 0 fully saturated rings. The Hall–Kier alpha value is -3.09. The first-order valence-electron chi connectivity index (χ1n) is 7.52. The fourth-order valence-corrected chi connectivity index (χ4v) is 2.65. The predicted octanol–water partition coefficient (Wildman–Crippen LogP) is 3.36. The van der Waals surface area contributed by atoms with Gasteiger partial charge in [0.2, 0.25) is 0 Å². The number of aromatic nitrogens is 3. The van der Waals surface area contributed by atoms with Gasteiger partial charge >= 0.3 is 6.03 Å². The van der Waals surface area contributed by atoms with E-state index in [9.17, 15) is 4.79 Å². The van der Waals surface area contributed by atoms with Gasteiger partial charge in [0.05, 0.1) is 0 Å². The maximum atomic E-state index is 12.5. The van der Waals surface area contributed by atoms with Gasteiger partial charge in [0.1, 0.15) is 17.2 Å². The lowest BCUT2D eigenvalue weighted by atomic mass is 10.2. The Kier molecular flexibility index (Phi) is 4.07. The number of carbonyl (C=O) groups excluding carboxylic acids is 1. The van der Waals surface area contributed by atoms with Crippen LogP contribution in [0.2, 0.25) is 0 Å². The number of nitrogens with one attached hydrogen (secondary N) is 1. The van der Waals surface area contributed by atoms with Crippen molar-refractivity contribution in [2.45, 2.75) is 13.8 Å². The van der Waals surface area contributed by atoms with Crippen molar-refractivity contribution in [1.29, 1.82) is 0 Å². The SMILES string of the molecule is Cc1noc(C)c1N(C)C(=O)Nc1cccc(-c2nccn2C)c1. The molecule has 7 heteroatoms. The van der Waals surface area contributed by atoms with Crippen LogP contribution in [-0.4, -0.2) is 27.8 Å². The molecule has 2 heterocycles. The molecule has 3 rings (SSSR count). The van der Waals surface area contributed by atoms with Crippen LogP contribution < -0.4 is 10.2 Å². The van der Waals surface area contributed by atoms with Gasteiger partial charge < -0.3 is 14.4 Å². The molecule has 0 radical (unpaired) electrons. The van der Waals surface area contributed by atoms with Crippen molar-refractivity contribution in [3.05, 3.63) is 48.1 Å². The van der Waals surface area contributed by atoms with Crippen LogP contribution in [-0.2, 0) is 7.05 Å². The summed E-state index contributed by atoms with van der Waals surface area (Å²) in [5, 5.41) is 6.76. The van der Waals surface area contributed by atoms with E-state index in [-0.39, 0.29) is 6.03 Å². The van der Waals surface area contributed by atoms with Gasteiger partial charge in [-0.2, -0.15) is 0 Å². The molecule has 24 heavy (non-hydrogen) atoms. The Morgan fingerprint density at radius 1 is 1.33 bits per heavy atom. The van der Waals surface area contributed by atoms with Gasteiger partial charge in [0, 0.05) is 37.7 Å². The first-order valence-corrected chi connectivity index (χ1v) is 7.52. The van der Waals surface area contributed by atoms with Crippen LogP contribution in [0.1, 0.15) is 11.5 Å². The van der Waals surface area contributed by atoms with Crippen molar-refractivity contribution < 1.29 is 9.32 Å². The topological polar surface area (TPSA) is 76.2 Å². The maximum absolute atomic E-state index is 12.5. The summed E-state index contributed by atoms with van der Waals surface area (Å²) in [4.78, 5) is 18.3. The van der Waals surface area contributed by atoms with Gasteiger partial charge in [0.25, 0.3) is 0 Å². The molecule has 124 valence electrons. The van der Waals surface area contributed by atoms with Gasteiger partial charge in [0.15, 0.2) is 5.76 Å². The zero-order valence-electron chi connectivity index (χ0n) is 14.1. The first kappa shape index (κ1) is 15.8. The molecule has 2 amide bonds. The van der Waals surface area contributed by atoms with Crippen molar-refractivity contribution in [1.82, 2.24) is 14.7 Å². The molecular formula is C17H19N5O2. The summed E-state index contributed by atoms with van der Waals surface area (Å²) in [7, 11) is 3.61.